The summed E-state index contributed by atoms with van der Waals surface area (Å²) in [6.45, 7) is 8.22. The smallest absolute Gasteiger partial charge is 0.306 e. The third kappa shape index (κ3) is 9.89. The average molecular weight is 510 g/mol. The van der Waals surface area contributed by atoms with Crippen molar-refractivity contribution in [1.82, 2.24) is 10.6 Å². The van der Waals surface area contributed by atoms with Gasteiger partial charge in [-0.25, -0.2) is 0 Å². The molecule has 0 bridgehead atoms. The molecule has 0 spiro atoms. The Kier molecular flexibility index (Phi) is 12.0. The van der Waals surface area contributed by atoms with Crippen molar-refractivity contribution >= 4 is 40.2 Å². The molecule has 0 aromatic heterocycles. The summed E-state index contributed by atoms with van der Waals surface area (Å²) in [6, 6.07) is 11.4. The molecule has 0 aliphatic carbocycles. The van der Waals surface area contributed by atoms with E-state index in [-0.39, 0.29) is 32.5 Å². The van der Waals surface area contributed by atoms with E-state index in [9.17, 15) is 19.2 Å². The lowest BCUT2D eigenvalue weighted by atomic mass is 9.99. The maximum absolute atomic E-state index is 13.1. The van der Waals surface area contributed by atoms with Gasteiger partial charge in [0.15, 0.2) is 0 Å². The van der Waals surface area contributed by atoms with Gasteiger partial charge in [-0.15, -0.1) is 13.2 Å². The molecule has 0 saturated heterocycles. The van der Waals surface area contributed by atoms with Gasteiger partial charge in [0.25, 0.3) is 5.91 Å². The number of amides is 3. The summed E-state index contributed by atoms with van der Waals surface area (Å²) < 4.78 is 5.23. The highest BCUT2D eigenvalue weighted by molar-refractivity contribution is 5.99. The second-order valence-electron chi connectivity index (χ2n) is 8.70. The lowest BCUT2D eigenvalue weighted by Crippen LogP contribution is -2.49. The standard InChI is InChI=1S/C28H35N3O6/c1-4-6-12-26(34)37-18-24(28(36)30-23-14-13-20-10-7-8-11-21(20)15-23)31-27(35)22(9-5-2)16-25(33)29-19(3)17-32/h4-5,7-8,10-11,13-15,19,22,24,32H,1-2,6,9,12,16-18H2,3H3,(H,29,33)(H,30,36)(H,31,35)/t19-,22+,24-/m0/s1. The SMILES string of the molecule is C=CCCC(=O)OC[C@H](NC(=O)[C@H](CC=C)CC(=O)N[C@@H](C)CO)C(=O)Nc1ccc2ccccc2c1. The molecule has 3 amide bonds. The van der Waals surface area contributed by atoms with Crippen LogP contribution in [0.25, 0.3) is 10.8 Å². The maximum Gasteiger partial charge on any atom is 0.306 e. The zero-order valence-electron chi connectivity index (χ0n) is 21.1. The fourth-order valence-electron chi connectivity index (χ4n) is 3.52. The fourth-order valence-corrected chi connectivity index (χ4v) is 3.52. The highest BCUT2D eigenvalue weighted by Crippen LogP contribution is 2.19. The van der Waals surface area contributed by atoms with E-state index in [1.807, 2.05) is 30.3 Å². The summed E-state index contributed by atoms with van der Waals surface area (Å²) in [4.78, 5) is 50.5. The number of fused-ring (bicyclic) bond motifs is 1. The number of hydrogen-bond acceptors (Lipinski definition) is 6. The Labute approximate surface area is 217 Å². The van der Waals surface area contributed by atoms with Crippen molar-refractivity contribution < 1.29 is 29.0 Å². The average Bonchev–Trinajstić information content (AvgIpc) is 2.89. The number of allylic oxidation sites excluding steroid dienone is 2. The van der Waals surface area contributed by atoms with Crippen LogP contribution in [0.15, 0.2) is 67.8 Å². The zero-order chi connectivity index (χ0) is 27.2. The lowest BCUT2D eigenvalue weighted by Gasteiger charge is -2.22. The van der Waals surface area contributed by atoms with E-state index in [1.54, 1.807) is 25.1 Å². The number of aliphatic hydroxyl groups excluding tert-OH is 1. The first kappa shape index (κ1) is 29.3. The van der Waals surface area contributed by atoms with E-state index in [0.29, 0.717) is 12.1 Å². The summed E-state index contributed by atoms with van der Waals surface area (Å²) in [5.41, 5.74) is 0.515. The fraction of sp³-hybridized carbons (Fsp3) is 0.357. The van der Waals surface area contributed by atoms with Crippen LogP contribution in [0.1, 0.15) is 32.6 Å². The maximum atomic E-state index is 13.1. The molecule has 0 aliphatic heterocycles. The van der Waals surface area contributed by atoms with E-state index >= 15 is 0 Å². The molecule has 3 atom stereocenters. The molecular formula is C28H35N3O6. The minimum Gasteiger partial charge on any atom is -0.463 e. The Hall–Kier alpha value is -3.98. The molecule has 0 aliphatic rings. The van der Waals surface area contributed by atoms with Crippen LogP contribution in [-0.4, -0.2) is 54.1 Å². The quantitative estimate of drug-likeness (QED) is 0.216. The van der Waals surface area contributed by atoms with Gasteiger partial charge < -0.3 is 25.8 Å². The van der Waals surface area contributed by atoms with Crippen LogP contribution in [0.4, 0.5) is 5.69 Å². The van der Waals surface area contributed by atoms with Crippen molar-refractivity contribution in [2.45, 2.75) is 44.7 Å². The Bertz CT molecular complexity index is 1120. The number of aliphatic hydroxyl groups is 1. The molecule has 2 aromatic carbocycles. The molecule has 0 unspecified atom stereocenters. The molecule has 198 valence electrons. The zero-order valence-corrected chi connectivity index (χ0v) is 21.1. The van der Waals surface area contributed by atoms with E-state index in [1.165, 1.54) is 6.08 Å². The number of anilines is 1. The third-order valence-corrected chi connectivity index (χ3v) is 5.55. The molecule has 0 heterocycles. The summed E-state index contributed by atoms with van der Waals surface area (Å²) in [7, 11) is 0. The van der Waals surface area contributed by atoms with Crippen LogP contribution < -0.4 is 16.0 Å². The third-order valence-electron chi connectivity index (χ3n) is 5.55. The number of benzene rings is 2. The van der Waals surface area contributed by atoms with Gasteiger partial charge in [0, 0.05) is 24.6 Å². The second kappa shape index (κ2) is 15.2. The molecular weight excluding hydrogens is 474 g/mol. The van der Waals surface area contributed by atoms with Gasteiger partial charge in [0.05, 0.1) is 12.5 Å². The van der Waals surface area contributed by atoms with Gasteiger partial charge in [0.2, 0.25) is 11.8 Å². The molecule has 2 aromatic rings. The molecule has 0 radical (unpaired) electrons. The molecule has 9 heteroatoms. The first-order valence-electron chi connectivity index (χ1n) is 12.1. The number of rotatable bonds is 15. The number of ether oxygens (including phenoxy) is 1. The van der Waals surface area contributed by atoms with Crippen molar-refractivity contribution in [3.8, 4) is 0 Å². The van der Waals surface area contributed by atoms with Crippen LogP contribution in [0.2, 0.25) is 0 Å². The van der Waals surface area contributed by atoms with Crippen molar-refractivity contribution in [2.24, 2.45) is 5.92 Å². The van der Waals surface area contributed by atoms with Crippen LogP contribution in [0.5, 0.6) is 0 Å². The normalized spacial score (nSPS) is 13.0. The first-order chi connectivity index (χ1) is 17.8. The Balaban J connectivity index is 2.16. The van der Waals surface area contributed by atoms with Gasteiger partial charge >= 0.3 is 5.97 Å². The minimum atomic E-state index is -1.20. The summed E-state index contributed by atoms with van der Waals surface area (Å²) >= 11 is 0. The van der Waals surface area contributed by atoms with E-state index < -0.39 is 41.7 Å². The number of carbonyl (C=O) groups is 4. The molecule has 0 saturated carbocycles. The van der Waals surface area contributed by atoms with E-state index in [0.717, 1.165) is 10.8 Å². The molecule has 0 fully saturated rings. The minimum absolute atomic E-state index is 0.0960. The van der Waals surface area contributed by atoms with Gasteiger partial charge in [-0.3, -0.25) is 19.2 Å². The van der Waals surface area contributed by atoms with Crippen LogP contribution >= 0.6 is 0 Å². The van der Waals surface area contributed by atoms with Crippen molar-refractivity contribution in [1.29, 1.82) is 0 Å². The predicted octanol–water partition coefficient (Wildman–Crippen LogP) is 2.85. The summed E-state index contributed by atoms with van der Waals surface area (Å²) in [6.07, 6.45) is 3.62. The first-order valence-corrected chi connectivity index (χ1v) is 12.1. The monoisotopic (exact) mass is 509 g/mol. The van der Waals surface area contributed by atoms with Gasteiger partial charge in [0.1, 0.15) is 12.6 Å². The predicted molar refractivity (Wildman–Crippen MR) is 143 cm³/mol. The lowest BCUT2D eigenvalue weighted by molar-refractivity contribution is -0.146. The van der Waals surface area contributed by atoms with Crippen LogP contribution in [0.3, 0.4) is 0 Å². The number of esters is 1. The molecule has 37 heavy (non-hydrogen) atoms. The molecule has 9 nitrogen and oxygen atoms in total. The topological polar surface area (TPSA) is 134 Å². The van der Waals surface area contributed by atoms with E-state index in [4.69, 9.17) is 9.84 Å². The van der Waals surface area contributed by atoms with Crippen molar-refractivity contribution in [3.63, 3.8) is 0 Å². The Morgan fingerprint density at radius 2 is 1.73 bits per heavy atom. The van der Waals surface area contributed by atoms with Crippen LogP contribution in [0, 0.1) is 5.92 Å². The largest absolute Gasteiger partial charge is 0.463 e. The number of carbonyl (C=O) groups excluding carboxylic acids is 4. The molecule has 2 rings (SSSR count). The van der Waals surface area contributed by atoms with Crippen molar-refractivity contribution in [3.05, 3.63) is 67.8 Å². The van der Waals surface area contributed by atoms with Crippen LogP contribution in [-0.2, 0) is 23.9 Å². The summed E-state index contributed by atoms with van der Waals surface area (Å²) in [5, 5.41) is 19.0. The second-order valence-corrected chi connectivity index (χ2v) is 8.70. The van der Waals surface area contributed by atoms with Gasteiger partial charge in [-0.1, -0.05) is 42.5 Å². The highest BCUT2D eigenvalue weighted by atomic mass is 16.5. The summed E-state index contributed by atoms with van der Waals surface area (Å²) in [5.74, 6) is -2.89. The Morgan fingerprint density at radius 3 is 2.41 bits per heavy atom. The Morgan fingerprint density at radius 1 is 1.00 bits per heavy atom. The number of hydrogen-bond donors (Lipinski definition) is 4. The molecule has 4 N–H and O–H groups in total. The van der Waals surface area contributed by atoms with Gasteiger partial charge in [-0.05, 0) is 42.7 Å². The van der Waals surface area contributed by atoms with Crippen molar-refractivity contribution in [2.75, 3.05) is 18.5 Å². The highest BCUT2D eigenvalue weighted by Gasteiger charge is 2.28. The van der Waals surface area contributed by atoms with E-state index in [2.05, 4.69) is 29.1 Å². The van der Waals surface area contributed by atoms with Gasteiger partial charge in [-0.2, -0.15) is 0 Å². The number of nitrogens with one attached hydrogen (secondary N) is 3.